The second-order valence-corrected chi connectivity index (χ2v) is 3.97. The van der Waals surface area contributed by atoms with Crippen LogP contribution in [0.25, 0.3) is 0 Å². The van der Waals surface area contributed by atoms with Crippen molar-refractivity contribution in [3.05, 3.63) is 23.3 Å². The van der Waals surface area contributed by atoms with Crippen LogP contribution in [0.3, 0.4) is 0 Å². The largest absolute Gasteiger partial charge is 0.205 e. The summed E-state index contributed by atoms with van der Waals surface area (Å²) in [6.45, 7) is 7.91. The second kappa shape index (κ2) is 4.49. The van der Waals surface area contributed by atoms with Crippen molar-refractivity contribution in [2.24, 2.45) is 0 Å². The second-order valence-electron chi connectivity index (χ2n) is 3.97. The summed E-state index contributed by atoms with van der Waals surface area (Å²) in [5, 5.41) is 7.96. The Morgan fingerprint density at radius 2 is 1.93 bits per heavy atom. The van der Waals surface area contributed by atoms with Gasteiger partial charge in [0.2, 0.25) is 0 Å². The smallest absolute Gasteiger partial charge is 0.148 e. The number of halogens is 1. The lowest BCUT2D eigenvalue weighted by molar-refractivity contribution is 0.558. The summed E-state index contributed by atoms with van der Waals surface area (Å²) < 4.78 is 13.5. The van der Waals surface area contributed by atoms with Crippen LogP contribution >= 0.6 is 0 Å². The molecular weight excluding hydrogens is 179 g/mol. The van der Waals surface area contributed by atoms with Crippen LogP contribution in [0.1, 0.15) is 57.3 Å². The average molecular weight is 196 g/mol. The van der Waals surface area contributed by atoms with Crippen molar-refractivity contribution < 1.29 is 4.39 Å². The van der Waals surface area contributed by atoms with Crippen molar-refractivity contribution in [2.75, 3.05) is 0 Å². The minimum absolute atomic E-state index is 0.0912. The first kappa shape index (κ1) is 11.1. The van der Waals surface area contributed by atoms with Gasteiger partial charge in [0.25, 0.3) is 0 Å². The molecule has 1 atom stereocenters. The van der Waals surface area contributed by atoms with E-state index in [1.807, 2.05) is 20.8 Å². The van der Waals surface area contributed by atoms with Crippen LogP contribution in [0.15, 0.2) is 6.07 Å². The quantitative estimate of drug-likeness (QED) is 0.741. The van der Waals surface area contributed by atoms with Gasteiger partial charge in [0.05, 0.1) is 5.69 Å². The van der Waals surface area contributed by atoms with E-state index in [9.17, 15) is 4.39 Å². The molecule has 0 bridgehead atoms. The Bertz CT molecular complexity index is 310. The molecule has 0 saturated heterocycles. The molecule has 0 aliphatic carbocycles. The molecule has 1 unspecified atom stereocenters. The minimum atomic E-state index is -0.231. The molecule has 1 rings (SSSR count). The summed E-state index contributed by atoms with van der Waals surface area (Å²) in [5.74, 6) is 0.136. The van der Waals surface area contributed by atoms with Crippen LogP contribution in [0.4, 0.5) is 4.39 Å². The molecule has 78 valence electrons. The van der Waals surface area contributed by atoms with E-state index in [1.54, 1.807) is 0 Å². The highest BCUT2D eigenvalue weighted by Gasteiger charge is 2.12. The highest BCUT2D eigenvalue weighted by atomic mass is 19.1. The molecule has 0 radical (unpaired) electrons. The van der Waals surface area contributed by atoms with Gasteiger partial charge in [-0.2, -0.15) is 10.2 Å². The lowest BCUT2D eigenvalue weighted by atomic mass is 10.0. The van der Waals surface area contributed by atoms with Crippen molar-refractivity contribution in [1.29, 1.82) is 0 Å². The summed E-state index contributed by atoms with van der Waals surface area (Å²) in [6, 6.07) is 1.51. The van der Waals surface area contributed by atoms with Gasteiger partial charge in [-0.1, -0.05) is 27.7 Å². The Kier molecular flexibility index (Phi) is 3.55. The normalized spacial score (nSPS) is 13.3. The zero-order valence-corrected chi connectivity index (χ0v) is 9.21. The summed E-state index contributed by atoms with van der Waals surface area (Å²) >= 11 is 0. The van der Waals surface area contributed by atoms with Crippen molar-refractivity contribution in [2.45, 2.75) is 46.0 Å². The number of rotatable bonds is 3. The molecule has 3 heteroatoms. The van der Waals surface area contributed by atoms with Crippen LogP contribution < -0.4 is 0 Å². The molecule has 0 aromatic carbocycles. The van der Waals surface area contributed by atoms with Crippen LogP contribution in [-0.4, -0.2) is 10.2 Å². The van der Waals surface area contributed by atoms with Crippen LogP contribution in [0, 0.1) is 5.82 Å². The van der Waals surface area contributed by atoms with Crippen molar-refractivity contribution in [3.63, 3.8) is 0 Å². The number of hydrogen-bond donors (Lipinski definition) is 0. The number of aromatic nitrogens is 2. The molecule has 1 aromatic rings. The van der Waals surface area contributed by atoms with Crippen molar-refractivity contribution >= 4 is 0 Å². The predicted octanol–water partition coefficient (Wildman–Crippen LogP) is 3.25. The topological polar surface area (TPSA) is 25.8 Å². The molecule has 1 aromatic heterocycles. The zero-order valence-electron chi connectivity index (χ0n) is 9.21. The fourth-order valence-electron chi connectivity index (χ4n) is 1.23. The van der Waals surface area contributed by atoms with Crippen LogP contribution in [0.5, 0.6) is 0 Å². The maximum atomic E-state index is 13.5. The third-order valence-electron chi connectivity index (χ3n) is 2.46. The molecule has 1 heterocycles. The first-order chi connectivity index (χ1) is 6.56. The predicted molar refractivity (Wildman–Crippen MR) is 54.8 cm³/mol. The van der Waals surface area contributed by atoms with E-state index in [4.69, 9.17) is 0 Å². The highest BCUT2D eigenvalue weighted by Crippen LogP contribution is 2.20. The van der Waals surface area contributed by atoms with Crippen LogP contribution in [0.2, 0.25) is 0 Å². The number of nitrogens with zero attached hydrogens (tertiary/aromatic N) is 2. The summed E-state index contributed by atoms with van der Waals surface area (Å²) in [4.78, 5) is 0. The molecule has 0 amide bonds. The van der Waals surface area contributed by atoms with Gasteiger partial charge < -0.3 is 0 Å². The fraction of sp³-hybridized carbons (Fsp3) is 0.636. The summed E-state index contributed by atoms with van der Waals surface area (Å²) in [5.41, 5.74) is 1.20. The van der Waals surface area contributed by atoms with Crippen molar-refractivity contribution in [1.82, 2.24) is 10.2 Å². The molecule has 0 fully saturated rings. The average Bonchev–Trinajstić information content (AvgIpc) is 2.15. The van der Waals surface area contributed by atoms with Gasteiger partial charge in [-0.15, -0.1) is 0 Å². The Balaban J connectivity index is 3.00. The molecule has 0 spiro atoms. The Labute approximate surface area is 84.6 Å². The maximum absolute atomic E-state index is 13.5. The molecular formula is C11H17FN2. The molecule has 0 aliphatic heterocycles. The monoisotopic (exact) mass is 196 g/mol. The lowest BCUT2D eigenvalue weighted by Gasteiger charge is -2.09. The first-order valence-corrected chi connectivity index (χ1v) is 5.09. The van der Waals surface area contributed by atoms with Gasteiger partial charge in [0.15, 0.2) is 0 Å². The highest BCUT2D eigenvalue weighted by molar-refractivity contribution is 5.14. The Morgan fingerprint density at radius 1 is 1.29 bits per heavy atom. The third kappa shape index (κ3) is 2.28. The van der Waals surface area contributed by atoms with Crippen LogP contribution in [-0.2, 0) is 0 Å². The molecule has 0 N–H and O–H groups in total. The van der Waals surface area contributed by atoms with Gasteiger partial charge >= 0.3 is 0 Å². The fourth-order valence-corrected chi connectivity index (χ4v) is 1.23. The molecule has 0 aliphatic rings. The van der Waals surface area contributed by atoms with Crippen molar-refractivity contribution in [3.8, 4) is 0 Å². The zero-order chi connectivity index (χ0) is 10.7. The van der Waals surface area contributed by atoms with E-state index in [0.717, 1.165) is 12.1 Å². The lowest BCUT2D eigenvalue weighted by Crippen LogP contribution is -2.05. The number of hydrogen-bond acceptors (Lipinski definition) is 2. The van der Waals surface area contributed by atoms with Gasteiger partial charge in [0.1, 0.15) is 11.5 Å². The summed E-state index contributed by atoms with van der Waals surface area (Å²) in [7, 11) is 0. The van der Waals surface area contributed by atoms with Gasteiger partial charge in [-0.25, -0.2) is 4.39 Å². The Hall–Kier alpha value is -0.990. The van der Waals surface area contributed by atoms with E-state index < -0.39 is 0 Å². The third-order valence-corrected chi connectivity index (χ3v) is 2.46. The minimum Gasteiger partial charge on any atom is -0.205 e. The van der Waals surface area contributed by atoms with E-state index in [-0.39, 0.29) is 17.7 Å². The van der Waals surface area contributed by atoms with E-state index in [1.165, 1.54) is 6.07 Å². The molecule has 2 nitrogen and oxygen atoms in total. The SMILES string of the molecule is CCC(C)c1cc(F)c(C(C)C)nn1. The first-order valence-electron chi connectivity index (χ1n) is 5.09. The summed E-state index contributed by atoms with van der Waals surface area (Å²) in [6.07, 6.45) is 0.954. The molecule has 14 heavy (non-hydrogen) atoms. The van der Waals surface area contributed by atoms with E-state index in [0.29, 0.717) is 5.69 Å². The van der Waals surface area contributed by atoms with Gasteiger partial charge in [0, 0.05) is 11.8 Å². The van der Waals surface area contributed by atoms with Gasteiger partial charge in [-0.05, 0) is 12.5 Å². The maximum Gasteiger partial charge on any atom is 0.148 e. The molecule has 0 saturated carbocycles. The Morgan fingerprint density at radius 3 is 2.36 bits per heavy atom. The van der Waals surface area contributed by atoms with E-state index in [2.05, 4.69) is 17.1 Å². The van der Waals surface area contributed by atoms with E-state index >= 15 is 0 Å². The standard InChI is InChI=1S/C11H17FN2/c1-5-8(4)10-6-9(12)11(7(2)3)14-13-10/h6-8H,5H2,1-4H3. The van der Waals surface area contributed by atoms with Gasteiger partial charge in [-0.3, -0.25) is 0 Å².